The molecular weight excluding hydrogens is 294 g/mol. The van der Waals surface area contributed by atoms with Crippen molar-refractivity contribution < 1.29 is 22.6 Å². The largest absolute Gasteiger partial charge is 0.295 e. The van der Waals surface area contributed by atoms with Crippen LogP contribution >= 0.6 is 0 Å². The molecule has 2 amide bonds. The highest BCUT2D eigenvalue weighted by Crippen LogP contribution is 2.33. The van der Waals surface area contributed by atoms with Gasteiger partial charge in [-0.05, 0) is 12.1 Å². The number of hydrogen-bond acceptors (Lipinski definition) is 4. The lowest BCUT2D eigenvalue weighted by Crippen LogP contribution is -2.29. The second-order valence-electron chi connectivity index (χ2n) is 4.45. The van der Waals surface area contributed by atoms with Crippen LogP contribution in [0.5, 0.6) is 0 Å². The molecule has 0 fully saturated rings. The fourth-order valence-corrected chi connectivity index (χ4v) is 3.01. The van der Waals surface area contributed by atoms with Gasteiger partial charge in [0.25, 0.3) is 21.9 Å². The molecule has 0 unspecified atom stereocenters. The summed E-state index contributed by atoms with van der Waals surface area (Å²) in [5, 5.41) is 0.628. The van der Waals surface area contributed by atoms with E-state index in [4.69, 9.17) is 0 Å². The van der Waals surface area contributed by atoms with E-state index in [9.17, 15) is 22.6 Å². The average Bonchev–Trinajstić information content (AvgIpc) is 2.76. The normalized spacial score (nSPS) is 15.2. The van der Waals surface area contributed by atoms with Crippen LogP contribution < -0.4 is 4.90 Å². The molecule has 21 heavy (non-hydrogen) atoms. The molecule has 7 heteroatoms. The molecule has 106 valence electrons. The highest BCUT2D eigenvalue weighted by molar-refractivity contribution is 7.86. The molecule has 2 aromatic rings. The Bertz CT molecular complexity index is 896. The van der Waals surface area contributed by atoms with E-state index < -0.39 is 21.9 Å². The molecule has 1 aliphatic heterocycles. The van der Waals surface area contributed by atoms with E-state index in [1.54, 1.807) is 18.2 Å². The van der Waals surface area contributed by atoms with Gasteiger partial charge >= 0.3 is 0 Å². The van der Waals surface area contributed by atoms with Crippen LogP contribution in [0.1, 0.15) is 0 Å². The van der Waals surface area contributed by atoms with Crippen molar-refractivity contribution in [1.29, 1.82) is 0 Å². The Morgan fingerprint density at radius 2 is 1.43 bits per heavy atom. The summed E-state index contributed by atoms with van der Waals surface area (Å²) < 4.78 is 32.1. The molecule has 1 N–H and O–H groups in total. The van der Waals surface area contributed by atoms with Crippen molar-refractivity contribution in [2.75, 3.05) is 4.90 Å². The molecule has 0 aliphatic carbocycles. The van der Waals surface area contributed by atoms with Gasteiger partial charge in [-0.1, -0.05) is 24.3 Å². The van der Waals surface area contributed by atoms with Crippen molar-refractivity contribution in [2.24, 2.45) is 0 Å². The number of carbonyl (C=O) groups excluding carboxylic acids is 2. The van der Waals surface area contributed by atoms with Gasteiger partial charge in [-0.3, -0.25) is 14.1 Å². The maximum atomic E-state index is 11.8. The number of fused-ring (bicyclic) bond motifs is 1. The zero-order chi connectivity index (χ0) is 15.2. The van der Waals surface area contributed by atoms with Crippen LogP contribution in [0.15, 0.2) is 53.4 Å². The Labute approximate surface area is 120 Å². The Hall–Kier alpha value is -2.51. The second-order valence-corrected chi connectivity index (χ2v) is 5.84. The molecule has 0 bridgehead atoms. The summed E-state index contributed by atoms with van der Waals surface area (Å²) in [6.07, 6.45) is 2.29. The fourth-order valence-electron chi connectivity index (χ4n) is 2.31. The summed E-state index contributed by atoms with van der Waals surface area (Å²) in [4.78, 5) is 24.2. The molecular formula is C14H9NO5S. The van der Waals surface area contributed by atoms with Gasteiger partial charge in [-0.2, -0.15) is 8.42 Å². The zero-order valence-electron chi connectivity index (χ0n) is 10.6. The molecule has 0 spiro atoms. The van der Waals surface area contributed by atoms with Gasteiger partial charge in [-0.15, -0.1) is 0 Å². The van der Waals surface area contributed by atoms with Crippen molar-refractivity contribution in [1.82, 2.24) is 0 Å². The molecule has 6 nitrogen and oxygen atoms in total. The number of benzene rings is 2. The Kier molecular flexibility index (Phi) is 2.89. The van der Waals surface area contributed by atoms with Gasteiger partial charge < -0.3 is 0 Å². The average molecular weight is 303 g/mol. The molecule has 0 radical (unpaired) electrons. The molecule has 0 saturated carbocycles. The third kappa shape index (κ3) is 2.12. The Morgan fingerprint density at radius 1 is 0.857 bits per heavy atom. The molecule has 1 heterocycles. The lowest BCUT2D eigenvalue weighted by atomic mass is 10.1. The van der Waals surface area contributed by atoms with Gasteiger partial charge in [-0.25, -0.2) is 4.90 Å². The number of anilines is 1. The maximum Gasteiger partial charge on any atom is 0.295 e. The number of carbonyl (C=O) groups is 2. The van der Waals surface area contributed by atoms with Crippen molar-refractivity contribution in [3.8, 4) is 0 Å². The first-order valence-corrected chi connectivity index (χ1v) is 7.39. The van der Waals surface area contributed by atoms with Crippen molar-refractivity contribution in [3.05, 3.63) is 48.6 Å². The van der Waals surface area contributed by atoms with Gasteiger partial charge in [0.15, 0.2) is 0 Å². The van der Waals surface area contributed by atoms with Crippen LogP contribution in [-0.4, -0.2) is 24.8 Å². The number of imide groups is 1. The molecule has 1 aliphatic rings. The molecule has 3 rings (SSSR count). The van der Waals surface area contributed by atoms with Crippen LogP contribution in [-0.2, 0) is 19.7 Å². The summed E-state index contributed by atoms with van der Waals surface area (Å²) in [7, 11) is -4.40. The predicted octanol–water partition coefficient (Wildman–Crippen LogP) is 1.52. The first-order chi connectivity index (χ1) is 9.89. The summed E-state index contributed by atoms with van der Waals surface area (Å²) in [6, 6.07) is 8.84. The lowest BCUT2D eigenvalue weighted by Gasteiger charge is -2.17. The summed E-state index contributed by atoms with van der Waals surface area (Å²) in [5.41, 5.74) is 0.276. The minimum Gasteiger partial charge on any atom is -0.282 e. The smallest absolute Gasteiger partial charge is 0.282 e. The number of amides is 2. The maximum absolute atomic E-state index is 11.8. The zero-order valence-corrected chi connectivity index (χ0v) is 11.4. The third-order valence-electron chi connectivity index (χ3n) is 3.19. The van der Waals surface area contributed by atoms with Gasteiger partial charge in [0, 0.05) is 22.9 Å². The predicted molar refractivity (Wildman–Crippen MR) is 75.4 cm³/mol. The molecule has 0 saturated heterocycles. The minimum atomic E-state index is -4.40. The van der Waals surface area contributed by atoms with Crippen LogP contribution in [0.4, 0.5) is 5.69 Å². The van der Waals surface area contributed by atoms with Crippen molar-refractivity contribution >= 4 is 38.4 Å². The van der Waals surface area contributed by atoms with E-state index in [1.165, 1.54) is 18.2 Å². The molecule has 0 aromatic heterocycles. The standard InChI is InChI=1S/C14H9NO5S/c16-13-7-8-14(17)15(13)11-5-6-12(21(18,19)20)10-4-2-1-3-9(10)11/h1-8H,(H,18,19,20). The molecule has 2 aromatic carbocycles. The SMILES string of the molecule is O=C1C=CC(=O)N1c1ccc(S(=O)(=O)O)c2ccccc12. The van der Waals surface area contributed by atoms with Gasteiger partial charge in [0.2, 0.25) is 0 Å². The van der Waals surface area contributed by atoms with Crippen molar-refractivity contribution in [2.45, 2.75) is 4.90 Å². The van der Waals surface area contributed by atoms with Crippen LogP contribution in [0, 0.1) is 0 Å². The Morgan fingerprint density at radius 3 is 2.00 bits per heavy atom. The first-order valence-electron chi connectivity index (χ1n) is 5.95. The second kappa shape index (κ2) is 4.51. The highest BCUT2D eigenvalue weighted by Gasteiger charge is 2.27. The summed E-state index contributed by atoms with van der Waals surface area (Å²) >= 11 is 0. The van der Waals surface area contributed by atoms with E-state index in [0.717, 1.165) is 17.1 Å². The summed E-state index contributed by atoms with van der Waals surface area (Å²) in [6.45, 7) is 0. The number of rotatable bonds is 2. The van der Waals surface area contributed by atoms with Gasteiger partial charge in [0.1, 0.15) is 4.90 Å². The number of hydrogen-bond donors (Lipinski definition) is 1. The quantitative estimate of drug-likeness (QED) is 0.670. The molecule has 0 atom stereocenters. The van der Waals surface area contributed by atoms with E-state index in [-0.39, 0.29) is 16.0 Å². The van der Waals surface area contributed by atoms with E-state index >= 15 is 0 Å². The van der Waals surface area contributed by atoms with Crippen LogP contribution in [0.3, 0.4) is 0 Å². The monoisotopic (exact) mass is 303 g/mol. The van der Waals surface area contributed by atoms with Crippen LogP contribution in [0.2, 0.25) is 0 Å². The third-order valence-corrected chi connectivity index (χ3v) is 4.10. The van der Waals surface area contributed by atoms with E-state index in [1.807, 2.05) is 0 Å². The van der Waals surface area contributed by atoms with Crippen molar-refractivity contribution in [3.63, 3.8) is 0 Å². The highest BCUT2D eigenvalue weighted by atomic mass is 32.2. The van der Waals surface area contributed by atoms with Gasteiger partial charge in [0.05, 0.1) is 5.69 Å². The lowest BCUT2D eigenvalue weighted by molar-refractivity contribution is -0.119. The summed E-state index contributed by atoms with van der Waals surface area (Å²) in [5.74, 6) is -0.991. The van der Waals surface area contributed by atoms with Crippen LogP contribution in [0.25, 0.3) is 10.8 Å². The topological polar surface area (TPSA) is 91.8 Å². The first kappa shape index (κ1) is 13.5. The number of nitrogens with zero attached hydrogens (tertiary/aromatic N) is 1. The fraction of sp³-hybridized carbons (Fsp3) is 0. The minimum absolute atomic E-state index is 0.241. The van der Waals surface area contributed by atoms with E-state index in [0.29, 0.717) is 5.39 Å². The van der Waals surface area contributed by atoms with E-state index in [2.05, 4.69) is 0 Å². The Balaban J connectivity index is 2.33.